The van der Waals surface area contributed by atoms with Crippen molar-refractivity contribution in [1.82, 2.24) is 20.4 Å². The van der Waals surface area contributed by atoms with Crippen LogP contribution in [0.25, 0.3) is 0 Å². The maximum absolute atomic E-state index is 5.72. The Hall–Kier alpha value is -1.77. The topological polar surface area (TPSA) is 63.5 Å². The van der Waals surface area contributed by atoms with Gasteiger partial charge >= 0.3 is 0 Å². The van der Waals surface area contributed by atoms with E-state index in [-0.39, 0.29) is 30.0 Å². The Kier molecular flexibility index (Phi) is 6.69. The van der Waals surface area contributed by atoms with Crippen LogP contribution >= 0.6 is 24.0 Å². The van der Waals surface area contributed by atoms with Crippen LogP contribution in [0, 0.1) is 13.8 Å². The number of nitrogens with one attached hydrogen (secondary N) is 2. The quantitative estimate of drug-likeness (QED) is 0.425. The molecule has 1 aliphatic heterocycles. The van der Waals surface area contributed by atoms with Gasteiger partial charge in [-0.25, -0.2) is 0 Å². The molecule has 0 bridgehead atoms. The third-order valence-electron chi connectivity index (χ3n) is 4.58. The predicted molar refractivity (Wildman–Crippen MR) is 111 cm³/mol. The largest absolute Gasteiger partial charge is 0.493 e. The molecule has 1 aromatic carbocycles. The molecule has 0 saturated heterocycles. The number of hydrogen-bond acceptors (Lipinski definition) is 3. The van der Waals surface area contributed by atoms with Crippen molar-refractivity contribution in [3.63, 3.8) is 0 Å². The molecule has 2 aromatic rings. The fraction of sp³-hybridized carbons (Fsp3) is 0.444. The molecule has 2 heterocycles. The minimum atomic E-state index is 0. The summed E-state index contributed by atoms with van der Waals surface area (Å²) in [6, 6.07) is 8.37. The first kappa shape index (κ1) is 19.6. The second kappa shape index (κ2) is 8.55. The molecule has 7 heteroatoms. The molecule has 6 nitrogen and oxygen atoms in total. The van der Waals surface area contributed by atoms with Gasteiger partial charge in [0.2, 0.25) is 0 Å². The Labute approximate surface area is 166 Å². The number of guanidine groups is 1. The van der Waals surface area contributed by atoms with E-state index >= 15 is 0 Å². The average molecular weight is 455 g/mol. The van der Waals surface area contributed by atoms with Crippen LogP contribution in [-0.4, -0.2) is 29.4 Å². The van der Waals surface area contributed by atoms with Crippen LogP contribution in [0.15, 0.2) is 29.3 Å². The zero-order chi connectivity index (χ0) is 17.1. The molecule has 0 radical (unpaired) electrons. The van der Waals surface area contributed by atoms with Gasteiger partial charge < -0.3 is 15.4 Å². The standard InChI is InChI=1S/C18H25N5O.HI/c1-12-15(13(2)23(4)22-12)11-20-18(19-3)21-16-9-10-24-17-8-6-5-7-14(16)17;/h5-8,16H,9-11H2,1-4H3,(H2,19,20,21);1H. The average Bonchev–Trinajstić information content (AvgIpc) is 2.84. The van der Waals surface area contributed by atoms with Gasteiger partial charge in [-0.2, -0.15) is 5.10 Å². The number of rotatable bonds is 3. The van der Waals surface area contributed by atoms with Gasteiger partial charge in [0, 0.05) is 43.9 Å². The minimum absolute atomic E-state index is 0. The summed E-state index contributed by atoms with van der Waals surface area (Å²) in [7, 11) is 3.77. The molecule has 0 amide bonds. The number of nitrogens with zero attached hydrogens (tertiary/aromatic N) is 3. The van der Waals surface area contributed by atoms with Gasteiger partial charge in [0.1, 0.15) is 5.75 Å². The Balaban J connectivity index is 0.00000225. The molecular formula is C18H26IN5O. The van der Waals surface area contributed by atoms with Crippen molar-refractivity contribution in [3.05, 3.63) is 46.8 Å². The smallest absolute Gasteiger partial charge is 0.191 e. The van der Waals surface area contributed by atoms with Crippen LogP contribution in [0.5, 0.6) is 5.75 Å². The third-order valence-corrected chi connectivity index (χ3v) is 4.58. The van der Waals surface area contributed by atoms with E-state index in [2.05, 4.69) is 33.7 Å². The van der Waals surface area contributed by atoms with E-state index in [4.69, 9.17) is 4.74 Å². The fourth-order valence-electron chi connectivity index (χ4n) is 3.10. The van der Waals surface area contributed by atoms with E-state index in [1.54, 1.807) is 7.05 Å². The van der Waals surface area contributed by atoms with E-state index in [1.807, 2.05) is 36.9 Å². The number of halogens is 1. The van der Waals surface area contributed by atoms with E-state index in [0.717, 1.165) is 23.8 Å². The first-order valence-corrected chi connectivity index (χ1v) is 8.28. The first-order valence-electron chi connectivity index (χ1n) is 8.28. The monoisotopic (exact) mass is 455 g/mol. The Morgan fingerprint density at radius 2 is 2.12 bits per heavy atom. The van der Waals surface area contributed by atoms with E-state index < -0.39 is 0 Å². The van der Waals surface area contributed by atoms with Crippen LogP contribution in [0.1, 0.15) is 35.0 Å². The normalized spacial score (nSPS) is 16.5. The van der Waals surface area contributed by atoms with Gasteiger partial charge in [-0.05, 0) is 19.9 Å². The molecule has 0 spiro atoms. The van der Waals surface area contributed by atoms with Crippen LogP contribution in [0.3, 0.4) is 0 Å². The summed E-state index contributed by atoms with van der Waals surface area (Å²) < 4.78 is 7.64. The number of hydrogen-bond donors (Lipinski definition) is 2. The van der Waals surface area contributed by atoms with Crippen molar-refractivity contribution in [2.45, 2.75) is 32.9 Å². The summed E-state index contributed by atoms with van der Waals surface area (Å²) in [5.41, 5.74) is 4.62. The number of para-hydroxylation sites is 1. The number of aryl methyl sites for hydroxylation is 2. The summed E-state index contributed by atoms with van der Waals surface area (Å²) in [4.78, 5) is 4.36. The molecule has 0 aliphatic carbocycles. The van der Waals surface area contributed by atoms with Crippen molar-refractivity contribution < 1.29 is 4.74 Å². The Bertz CT molecular complexity index is 756. The zero-order valence-electron chi connectivity index (χ0n) is 15.2. The SMILES string of the molecule is CN=C(NCc1c(C)nn(C)c1C)NC1CCOc2ccccc21.I. The Morgan fingerprint density at radius 3 is 2.80 bits per heavy atom. The lowest BCUT2D eigenvalue weighted by atomic mass is 10.0. The zero-order valence-corrected chi connectivity index (χ0v) is 17.5. The summed E-state index contributed by atoms with van der Waals surface area (Å²) in [5, 5.41) is 11.4. The second-order valence-corrected chi connectivity index (χ2v) is 6.07. The molecule has 1 atom stereocenters. The van der Waals surface area contributed by atoms with E-state index in [9.17, 15) is 0 Å². The summed E-state index contributed by atoms with van der Waals surface area (Å²) >= 11 is 0. The van der Waals surface area contributed by atoms with Gasteiger partial charge in [0.05, 0.1) is 18.3 Å². The van der Waals surface area contributed by atoms with Crippen molar-refractivity contribution in [2.75, 3.05) is 13.7 Å². The van der Waals surface area contributed by atoms with Crippen LogP contribution in [0.2, 0.25) is 0 Å². The number of aliphatic imine (C=N–C) groups is 1. The number of ether oxygens (including phenoxy) is 1. The summed E-state index contributed by atoms with van der Waals surface area (Å²) in [5.74, 6) is 1.75. The summed E-state index contributed by atoms with van der Waals surface area (Å²) in [6.07, 6.45) is 0.919. The number of aromatic nitrogens is 2. The molecule has 2 N–H and O–H groups in total. The number of benzene rings is 1. The van der Waals surface area contributed by atoms with Gasteiger partial charge in [-0.1, -0.05) is 18.2 Å². The fourth-order valence-corrected chi connectivity index (χ4v) is 3.10. The maximum atomic E-state index is 5.72. The highest BCUT2D eigenvalue weighted by Gasteiger charge is 2.22. The molecular weight excluding hydrogens is 429 g/mol. The second-order valence-electron chi connectivity index (χ2n) is 6.07. The molecule has 1 unspecified atom stereocenters. The lowest BCUT2D eigenvalue weighted by Gasteiger charge is -2.28. The molecule has 0 fully saturated rings. The van der Waals surface area contributed by atoms with Crippen molar-refractivity contribution in [3.8, 4) is 5.75 Å². The highest BCUT2D eigenvalue weighted by atomic mass is 127. The lowest BCUT2D eigenvalue weighted by Crippen LogP contribution is -2.40. The van der Waals surface area contributed by atoms with Gasteiger partial charge in [-0.15, -0.1) is 24.0 Å². The molecule has 3 rings (SSSR count). The summed E-state index contributed by atoms with van der Waals surface area (Å²) in [6.45, 7) is 5.54. The van der Waals surface area contributed by atoms with E-state index in [1.165, 1.54) is 16.8 Å². The van der Waals surface area contributed by atoms with Crippen LogP contribution < -0.4 is 15.4 Å². The van der Waals surface area contributed by atoms with Crippen molar-refractivity contribution >= 4 is 29.9 Å². The van der Waals surface area contributed by atoms with Crippen molar-refractivity contribution in [1.29, 1.82) is 0 Å². The predicted octanol–water partition coefficient (Wildman–Crippen LogP) is 2.84. The molecule has 0 saturated carbocycles. The molecule has 136 valence electrons. The molecule has 1 aromatic heterocycles. The number of fused-ring (bicyclic) bond motifs is 1. The third kappa shape index (κ3) is 4.26. The van der Waals surface area contributed by atoms with Crippen LogP contribution in [-0.2, 0) is 13.6 Å². The maximum Gasteiger partial charge on any atom is 0.191 e. The van der Waals surface area contributed by atoms with Crippen molar-refractivity contribution in [2.24, 2.45) is 12.0 Å². The Morgan fingerprint density at radius 1 is 1.36 bits per heavy atom. The first-order chi connectivity index (χ1) is 11.6. The lowest BCUT2D eigenvalue weighted by molar-refractivity contribution is 0.261. The highest BCUT2D eigenvalue weighted by molar-refractivity contribution is 14.0. The highest BCUT2D eigenvalue weighted by Crippen LogP contribution is 2.31. The molecule has 1 aliphatic rings. The molecule has 25 heavy (non-hydrogen) atoms. The van der Waals surface area contributed by atoms with Gasteiger partial charge in [0.25, 0.3) is 0 Å². The van der Waals surface area contributed by atoms with Crippen LogP contribution in [0.4, 0.5) is 0 Å². The van der Waals surface area contributed by atoms with E-state index in [0.29, 0.717) is 13.2 Å². The minimum Gasteiger partial charge on any atom is -0.493 e. The van der Waals surface area contributed by atoms with Gasteiger partial charge in [0.15, 0.2) is 5.96 Å². The van der Waals surface area contributed by atoms with Gasteiger partial charge in [-0.3, -0.25) is 9.67 Å².